The Morgan fingerprint density at radius 3 is 2.58 bits per heavy atom. The van der Waals surface area contributed by atoms with Gasteiger partial charge in [0.1, 0.15) is 0 Å². The molecule has 1 unspecified atom stereocenters. The third-order valence-corrected chi connectivity index (χ3v) is 3.95. The molecule has 1 heterocycles. The van der Waals surface area contributed by atoms with E-state index in [0.717, 1.165) is 23.2 Å². The van der Waals surface area contributed by atoms with E-state index in [2.05, 4.69) is 24.9 Å². The molecule has 0 bridgehead atoms. The molecular formula is C17H17NO. The first kappa shape index (κ1) is 12.1. The zero-order valence-electron chi connectivity index (χ0n) is 11.3. The summed E-state index contributed by atoms with van der Waals surface area (Å²) in [6.07, 6.45) is 2.64. The van der Waals surface area contributed by atoms with Crippen molar-refractivity contribution in [3.05, 3.63) is 53.7 Å². The zero-order chi connectivity index (χ0) is 13.4. The van der Waals surface area contributed by atoms with E-state index >= 15 is 0 Å². The van der Waals surface area contributed by atoms with E-state index in [1.165, 1.54) is 5.56 Å². The third-order valence-electron chi connectivity index (χ3n) is 3.95. The van der Waals surface area contributed by atoms with Crippen molar-refractivity contribution >= 4 is 5.78 Å². The molecule has 0 saturated carbocycles. The van der Waals surface area contributed by atoms with Gasteiger partial charge in [0.15, 0.2) is 5.78 Å². The standard InChI is InChI=1S/C17H17NO/c1-11(2)14-10-15-12(16-8-3-4-9-18-16)6-5-7-13(15)17(14)19/h3-9,11,14H,10H2,1-2H3. The number of aromatic nitrogens is 1. The first-order valence-corrected chi connectivity index (χ1v) is 6.76. The Morgan fingerprint density at radius 1 is 1.11 bits per heavy atom. The molecule has 2 aromatic rings. The van der Waals surface area contributed by atoms with Crippen molar-refractivity contribution in [2.45, 2.75) is 20.3 Å². The fourth-order valence-corrected chi connectivity index (χ4v) is 2.85. The monoisotopic (exact) mass is 251 g/mol. The molecule has 0 N–H and O–H groups in total. The fraction of sp³-hybridized carbons (Fsp3) is 0.294. The minimum absolute atomic E-state index is 0.125. The minimum atomic E-state index is 0.125. The molecule has 2 heteroatoms. The summed E-state index contributed by atoms with van der Waals surface area (Å²) in [5.74, 6) is 0.805. The highest BCUT2D eigenvalue weighted by Crippen LogP contribution is 2.36. The van der Waals surface area contributed by atoms with Gasteiger partial charge in [-0.15, -0.1) is 0 Å². The summed E-state index contributed by atoms with van der Waals surface area (Å²) in [6.45, 7) is 4.24. The van der Waals surface area contributed by atoms with Crippen LogP contribution < -0.4 is 0 Å². The van der Waals surface area contributed by atoms with Crippen LogP contribution in [-0.2, 0) is 6.42 Å². The van der Waals surface area contributed by atoms with Crippen molar-refractivity contribution in [2.24, 2.45) is 11.8 Å². The van der Waals surface area contributed by atoms with Crippen molar-refractivity contribution in [3.8, 4) is 11.3 Å². The van der Waals surface area contributed by atoms with E-state index in [9.17, 15) is 4.79 Å². The molecule has 1 atom stereocenters. The normalized spacial score (nSPS) is 17.8. The zero-order valence-corrected chi connectivity index (χ0v) is 11.3. The van der Waals surface area contributed by atoms with Gasteiger partial charge in [0, 0.05) is 23.2 Å². The predicted molar refractivity (Wildman–Crippen MR) is 76.0 cm³/mol. The first-order chi connectivity index (χ1) is 9.18. The number of benzene rings is 1. The van der Waals surface area contributed by atoms with E-state index in [1.807, 2.05) is 30.3 Å². The molecule has 3 rings (SSSR count). The molecule has 0 spiro atoms. The van der Waals surface area contributed by atoms with Gasteiger partial charge >= 0.3 is 0 Å². The van der Waals surface area contributed by atoms with Crippen LogP contribution in [0.2, 0.25) is 0 Å². The molecule has 2 nitrogen and oxygen atoms in total. The molecule has 96 valence electrons. The quantitative estimate of drug-likeness (QED) is 0.813. The fourth-order valence-electron chi connectivity index (χ4n) is 2.85. The lowest BCUT2D eigenvalue weighted by Crippen LogP contribution is -2.15. The van der Waals surface area contributed by atoms with Crippen LogP contribution in [-0.4, -0.2) is 10.8 Å². The summed E-state index contributed by atoms with van der Waals surface area (Å²) in [6, 6.07) is 11.9. The number of ketones is 1. The number of fused-ring (bicyclic) bond motifs is 1. The maximum atomic E-state index is 12.4. The van der Waals surface area contributed by atoms with Gasteiger partial charge in [0.2, 0.25) is 0 Å². The van der Waals surface area contributed by atoms with E-state index in [4.69, 9.17) is 0 Å². The third kappa shape index (κ3) is 1.97. The summed E-state index contributed by atoms with van der Waals surface area (Å²) >= 11 is 0. The Hall–Kier alpha value is -1.96. The number of Topliss-reactive ketones (excluding diaryl/α,β-unsaturated/α-hetero) is 1. The van der Waals surface area contributed by atoms with Crippen LogP contribution in [0.3, 0.4) is 0 Å². The largest absolute Gasteiger partial charge is 0.294 e. The van der Waals surface area contributed by atoms with Crippen LogP contribution in [0.25, 0.3) is 11.3 Å². The maximum absolute atomic E-state index is 12.4. The number of pyridine rings is 1. The summed E-state index contributed by atoms with van der Waals surface area (Å²) in [7, 11) is 0. The average Bonchev–Trinajstić information content (AvgIpc) is 2.78. The smallest absolute Gasteiger partial charge is 0.166 e. The Kier molecular flexibility index (Phi) is 2.94. The molecule has 1 aliphatic carbocycles. The molecule has 0 fully saturated rings. The topological polar surface area (TPSA) is 30.0 Å². The molecule has 1 aromatic heterocycles. The van der Waals surface area contributed by atoms with Gasteiger partial charge in [-0.25, -0.2) is 0 Å². The Bertz CT molecular complexity index is 616. The molecule has 1 aromatic carbocycles. The SMILES string of the molecule is CC(C)C1Cc2c(cccc2-c2ccccn2)C1=O. The van der Waals surface area contributed by atoms with Gasteiger partial charge in [-0.2, -0.15) is 0 Å². The van der Waals surface area contributed by atoms with Crippen molar-refractivity contribution < 1.29 is 4.79 Å². The van der Waals surface area contributed by atoms with Crippen molar-refractivity contribution in [1.29, 1.82) is 0 Å². The highest BCUT2D eigenvalue weighted by Gasteiger charge is 2.34. The first-order valence-electron chi connectivity index (χ1n) is 6.76. The average molecular weight is 251 g/mol. The summed E-state index contributed by atoms with van der Waals surface area (Å²) in [4.78, 5) is 16.8. The van der Waals surface area contributed by atoms with Crippen LogP contribution in [0.5, 0.6) is 0 Å². The number of rotatable bonds is 2. The lowest BCUT2D eigenvalue weighted by atomic mass is 9.92. The van der Waals surface area contributed by atoms with E-state index in [0.29, 0.717) is 11.7 Å². The van der Waals surface area contributed by atoms with Crippen LogP contribution in [0.1, 0.15) is 29.8 Å². The molecule has 0 saturated heterocycles. The van der Waals surface area contributed by atoms with Crippen LogP contribution in [0, 0.1) is 11.8 Å². The molecular weight excluding hydrogens is 234 g/mol. The van der Waals surface area contributed by atoms with E-state index in [-0.39, 0.29) is 5.92 Å². The number of hydrogen-bond acceptors (Lipinski definition) is 2. The summed E-state index contributed by atoms with van der Waals surface area (Å²) in [5.41, 5.74) is 4.12. The molecule has 0 amide bonds. The van der Waals surface area contributed by atoms with Gasteiger partial charge in [0.25, 0.3) is 0 Å². The summed E-state index contributed by atoms with van der Waals surface area (Å²) in [5, 5.41) is 0. The molecule has 0 radical (unpaired) electrons. The highest BCUT2D eigenvalue weighted by molar-refractivity contribution is 6.04. The van der Waals surface area contributed by atoms with Gasteiger partial charge in [0.05, 0.1) is 5.69 Å². The van der Waals surface area contributed by atoms with Gasteiger partial charge in [-0.3, -0.25) is 9.78 Å². The molecule has 19 heavy (non-hydrogen) atoms. The van der Waals surface area contributed by atoms with Crippen molar-refractivity contribution in [3.63, 3.8) is 0 Å². The molecule has 0 aliphatic heterocycles. The minimum Gasteiger partial charge on any atom is -0.294 e. The van der Waals surface area contributed by atoms with Gasteiger partial charge in [-0.1, -0.05) is 38.1 Å². The lowest BCUT2D eigenvalue weighted by Gasteiger charge is -2.11. The van der Waals surface area contributed by atoms with Crippen molar-refractivity contribution in [2.75, 3.05) is 0 Å². The lowest BCUT2D eigenvalue weighted by molar-refractivity contribution is 0.0906. The predicted octanol–water partition coefficient (Wildman–Crippen LogP) is 3.76. The Labute approximate surface area is 113 Å². The highest BCUT2D eigenvalue weighted by atomic mass is 16.1. The van der Waals surface area contributed by atoms with Crippen LogP contribution in [0.4, 0.5) is 0 Å². The molecule has 1 aliphatic rings. The second-order valence-electron chi connectivity index (χ2n) is 5.47. The van der Waals surface area contributed by atoms with Crippen LogP contribution >= 0.6 is 0 Å². The number of carbonyl (C=O) groups is 1. The van der Waals surface area contributed by atoms with Gasteiger partial charge in [-0.05, 0) is 30.0 Å². The van der Waals surface area contributed by atoms with Crippen molar-refractivity contribution in [1.82, 2.24) is 4.98 Å². The second-order valence-corrected chi connectivity index (χ2v) is 5.47. The summed E-state index contributed by atoms with van der Waals surface area (Å²) < 4.78 is 0. The number of nitrogens with zero attached hydrogens (tertiary/aromatic N) is 1. The Morgan fingerprint density at radius 2 is 1.89 bits per heavy atom. The number of hydrogen-bond donors (Lipinski definition) is 0. The van der Waals surface area contributed by atoms with E-state index < -0.39 is 0 Å². The maximum Gasteiger partial charge on any atom is 0.166 e. The Balaban J connectivity index is 2.11. The van der Waals surface area contributed by atoms with Gasteiger partial charge < -0.3 is 0 Å². The van der Waals surface area contributed by atoms with E-state index in [1.54, 1.807) is 6.20 Å². The second kappa shape index (κ2) is 4.61. The number of carbonyl (C=O) groups excluding carboxylic acids is 1. The van der Waals surface area contributed by atoms with Crippen LogP contribution in [0.15, 0.2) is 42.6 Å².